The highest BCUT2D eigenvalue weighted by molar-refractivity contribution is 7.98. The van der Waals surface area contributed by atoms with Crippen molar-refractivity contribution in [1.29, 1.82) is 0 Å². The molecule has 1 atom stereocenters. The van der Waals surface area contributed by atoms with E-state index in [0.717, 1.165) is 11.3 Å². The molecular weight excluding hydrogens is 520 g/mol. The van der Waals surface area contributed by atoms with Gasteiger partial charge in [0.15, 0.2) is 10.9 Å². The lowest BCUT2D eigenvalue weighted by molar-refractivity contribution is -0.384. The van der Waals surface area contributed by atoms with E-state index in [1.807, 2.05) is 13.8 Å². The number of ether oxygens (including phenoxy) is 2. The molecule has 3 aromatic rings. The molecule has 2 aliphatic rings. The van der Waals surface area contributed by atoms with Gasteiger partial charge in [-0.25, -0.2) is 4.98 Å². The quantitative estimate of drug-likeness (QED) is 0.177. The molecule has 2 N–H and O–H groups in total. The number of nitro benzene ring substituents is 1. The number of nitrogens with one attached hydrogen (secondary N) is 2. The van der Waals surface area contributed by atoms with Crippen molar-refractivity contribution in [2.45, 2.75) is 43.5 Å². The van der Waals surface area contributed by atoms with Gasteiger partial charge in [-0.15, -0.1) is 0 Å². The van der Waals surface area contributed by atoms with Gasteiger partial charge in [0.05, 0.1) is 30.6 Å². The summed E-state index contributed by atoms with van der Waals surface area (Å²) in [6, 6.07) is 11.7. The first-order valence-corrected chi connectivity index (χ1v) is 13.3. The number of ketones is 1. The summed E-state index contributed by atoms with van der Waals surface area (Å²) in [5.74, 6) is 1.12. The van der Waals surface area contributed by atoms with Crippen molar-refractivity contribution in [2.24, 2.45) is 5.41 Å². The summed E-state index contributed by atoms with van der Waals surface area (Å²) in [5, 5.41) is 14.8. The van der Waals surface area contributed by atoms with Crippen LogP contribution in [0.5, 0.6) is 11.5 Å². The van der Waals surface area contributed by atoms with Gasteiger partial charge in [-0.2, -0.15) is 0 Å². The van der Waals surface area contributed by atoms with Crippen molar-refractivity contribution in [1.82, 2.24) is 9.97 Å². The Labute approximate surface area is 229 Å². The Morgan fingerprint density at radius 3 is 2.64 bits per heavy atom. The van der Waals surface area contributed by atoms with Gasteiger partial charge in [0.1, 0.15) is 17.3 Å². The minimum atomic E-state index is -0.697. The van der Waals surface area contributed by atoms with E-state index in [4.69, 9.17) is 14.5 Å². The van der Waals surface area contributed by atoms with E-state index in [9.17, 15) is 19.7 Å². The zero-order chi connectivity index (χ0) is 27.9. The summed E-state index contributed by atoms with van der Waals surface area (Å²) in [6.07, 6.45) is 0.967. The van der Waals surface area contributed by atoms with E-state index in [-0.39, 0.29) is 22.4 Å². The number of methoxy groups -OCH3 is 2. The van der Waals surface area contributed by atoms with Crippen molar-refractivity contribution in [3.8, 4) is 11.5 Å². The normalized spacial score (nSPS) is 17.6. The molecule has 1 aliphatic heterocycles. The predicted octanol–water partition coefficient (Wildman–Crippen LogP) is 5.19. The average molecular weight is 549 g/mol. The standard InChI is InChI=1S/C28H28N4O6S/c1-28(2)12-19-23(20(33)13-28)22(18-11-17(37-3)8-9-21(18)38-4)24-25(29-19)30-27(31-26(24)34)39-14-15-6-5-7-16(10-15)32(35)36/h5-11,22H,12-14H2,1-4H3,(H2,29,30,31,34). The molecule has 2 aromatic carbocycles. The zero-order valence-electron chi connectivity index (χ0n) is 22.0. The minimum absolute atomic E-state index is 0.000727. The summed E-state index contributed by atoms with van der Waals surface area (Å²) in [7, 11) is 3.10. The molecule has 2 heterocycles. The first-order valence-electron chi connectivity index (χ1n) is 12.4. The van der Waals surface area contributed by atoms with Crippen LogP contribution in [0.1, 0.15) is 49.3 Å². The summed E-state index contributed by atoms with van der Waals surface area (Å²) in [5.41, 5.74) is 2.34. The molecule has 39 heavy (non-hydrogen) atoms. The number of carbonyl (C=O) groups is 1. The number of anilines is 1. The fourth-order valence-corrected chi connectivity index (χ4v) is 6.05. The lowest BCUT2D eigenvalue weighted by atomic mass is 9.69. The summed E-state index contributed by atoms with van der Waals surface area (Å²) in [6.45, 7) is 4.08. The van der Waals surface area contributed by atoms with Crippen molar-refractivity contribution in [3.63, 3.8) is 0 Å². The summed E-state index contributed by atoms with van der Waals surface area (Å²) in [4.78, 5) is 45.5. The van der Waals surface area contributed by atoms with Gasteiger partial charge < -0.3 is 19.8 Å². The van der Waals surface area contributed by atoms with Gasteiger partial charge >= 0.3 is 0 Å². The van der Waals surface area contributed by atoms with E-state index >= 15 is 0 Å². The van der Waals surface area contributed by atoms with Crippen LogP contribution in [0.2, 0.25) is 0 Å². The Balaban J connectivity index is 1.60. The number of hydrogen-bond acceptors (Lipinski definition) is 9. The van der Waals surface area contributed by atoms with Crippen LogP contribution in [0.15, 0.2) is 63.7 Å². The number of nitrogens with zero attached hydrogens (tertiary/aromatic N) is 2. The number of benzene rings is 2. The molecule has 1 aromatic heterocycles. The van der Waals surface area contributed by atoms with Gasteiger partial charge in [0.2, 0.25) is 0 Å². The zero-order valence-corrected chi connectivity index (χ0v) is 22.8. The molecular formula is C28H28N4O6S. The average Bonchev–Trinajstić information content (AvgIpc) is 2.89. The number of rotatable bonds is 7. The third-order valence-corrected chi connectivity index (χ3v) is 7.89. The maximum absolute atomic E-state index is 13.6. The lowest BCUT2D eigenvalue weighted by Gasteiger charge is -2.38. The van der Waals surface area contributed by atoms with Crippen molar-refractivity contribution < 1.29 is 19.2 Å². The molecule has 0 bridgehead atoms. The van der Waals surface area contributed by atoms with Crippen LogP contribution < -0.4 is 20.3 Å². The molecule has 11 heteroatoms. The number of allylic oxidation sites excluding steroid dienone is 2. The third-order valence-electron chi connectivity index (χ3n) is 6.94. The molecule has 1 unspecified atom stereocenters. The molecule has 0 amide bonds. The Morgan fingerprint density at radius 2 is 1.92 bits per heavy atom. The number of aromatic nitrogens is 2. The summed E-state index contributed by atoms with van der Waals surface area (Å²) >= 11 is 1.26. The van der Waals surface area contributed by atoms with Crippen LogP contribution in [0, 0.1) is 15.5 Å². The van der Waals surface area contributed by atoms with E-state index in [1.54, 1.807) is 44.6 Å². The largest absolute Gasteiger partial charge is 0.497 e. The fraction of sp³-hybridized carbons (Fsp3) is 0.321. The Kier molecular flexibility index (Phi) is 6.94. The number of H-pyrrole nitrogens is 1. The topological polar surface area (TPSA) is 136 Å². The van der Waals surface area contributed by atoms with Crippen LogP contribution in [-0.4, -0.2) is 34.9 Å². The Hall–Kier alpha value is -4.12. The highest BCUT2D eigenvalue weighted by atomic mass is 32.2. The molecule has 0 radical (unpaired) electrons. The lowest BCUT2D eigenvalue weighted by Crippen LogP contribution is -2.37. The molecule has 0 spiro atoms. The van der Waals surface area contributed by atoms with E-state index in [2.05, 4.69) is 10.3 Å². The van der Waals surface area contributed by atoms with Gasteiger partial charge in [0, 0.05) is 41.1 Å². The fourth-order valence-electron chi connectivity index (χ4n) is 5.25. The van der Waals surface area contributed by atoms with Gasteiger partial charge in [-0.3, -0.25) is 19.7 Å². The highest BCUT2D eigenvalue weighted by Gasteiger charge is 2.43. The first kappa shape index (κ1) is 26.5. The highest BCUT2D eigenvalue weighted by Crippen LogP contribution is 2.49. The second-order valence-electron chi connectivity index (χ2n) is 10.3. The number of non-ortho nitro benzene ring substituents is 1. The molecule has 0 fully saturated rings. The first-order chi connectivity index (χ1) is 18.6. The SMILES string of the molecule is COc1ccc(OC)c(C2C3=C(CC(C)(C)CC3=O)Nc3nc(SCc4cccc([N+](=O)[O-])c4)[nH]c(=O)c32)c1. The van der Waals surface area contributed by atoms with Gasteiger partial charge in [0.25, 0.3) is 11.2 Å². The Bertz CT molecular complexity index is 1580. The van der Waals surface area contributed by atoms with Crippen molar-refractivity contribution >= 4 is 29.1 Å². The van der Waals surface area contributed by atoms with E-state index in [0.29, 0.717) is 57.8 Å². The second kappa shape index (κ2) is 10.2. The molecule has 202 valence electrons. The number of Topliss-reactive ketones (excluding diaryl/α,β-unsaturated/α-hetero) is 1. The Morgan fingerprint density at radius 1 is 1.13 bits per heavy atom. The smallest absolute Gasteiger partial charge is 0.269 e. The van der Waals surface area contributed by atoms with Gasteiger partial charge in [-0.05, 0) is 35.6 Å². The monoisotopic (exact) mass is 548 g/mol. The van der Waals surface area contributed by atoms with Crippen LogP contribution in [0.4, 0.5) is 11.5 Å². The van der Waals surface area contributed by atoms with Crippen LogP contribution in [-0.2, 0) is 10.5 Å². The van der Waals surface area contributed by atoms with E-state index < -0.39 is 10.8 Å². The molecule has 10 nitrogen and oxygen atoms in total. The van der Waals surface area contributed by atoms with E-state index in [1.165, 1.54) is 23.9 Å². The predicted molar refractivity (Wildman–Crippen MR) is 148 cm³/mol. The second-order valence-corrected chi connectivity index (χ2v) is 11.3. The number of aromatic amines is 1. The van der Waals surface area contributed by atoms with Crippen LogP contribution in [0.25, 0.3) is 0 Å². The number of carbonyl (C=O) groups excluding carboxylic acids is 1. The molecule has 5 rings (SSSR count). The molecule has 0 saturated heterocycles. The van der Waals surface area contributed by atoms with Crippen molar-refractivity contribution in [3.05, 3.63) is 90.9 Å². The van der Waals surface area contributed by atoms with Crippen LogP contribution in [0.3, 0.4) is 0 Å². The summed E-state index contributed by atoms with van der Waals surface area (Å²) < 4.78 is 11.1. The molecule has 0 saturated carbocycles. The number of hydrogen-bond donors (Lipinski definition) is 2. The maximum atomic E-state index is 13.6. The van der Waals surface area contributed by atoms with Crippen LogP contribution >= 0.6 is 11.8 Å². The van der Waals surface area contributed by atoms with Crippen molar-refractivity contribution in [2.75, 3.05) is 19.5 Å². The number of nitro groups is 1. The van der Waals surface area contributed by atoms with Gasteiger partial charge in [-0.1, -0.05) is 37.7 Å². The maximum Gasteiger partial charge on any atom is 0.269 e. The number of thioether (sulfide) groups is 1. The minimum Gasteiger partial charge on any atom is -0.497 e. The molecule has 1 aliphatic carbocycles. The third kappa shape index (κ3) is 5.14. The number of fused-ring (bicyclic) bond motifs is 1.